The first-order valence-electron chi connectivity index (χ1n) is 2.26. The molecule has 9 heteroatoms. The topological polar surface area (TPSA) is 172 Å². The summed E-state index contributed by atoms with van der Waals surface area (Å²) >= 11 is 0. The van der Waals surface area contributed by atoms with Crippen molar-refractivity contribution in [2.24, 2.45) is 0 Å². The number of hydrogen-bond donors (Lipinski definition) is 5. The molecule has 0 fully saturated rings. The van der Waals surface area contributed by atoms with Crippen molar-refractivity contribution in [1.82, 2.24) is 18.5 Å². The zero-order valence-electron chi connectivity index (χ0n) is 7.10. The van der Waals surface area contributed by atoms with Gasteiger partial charge in [-0.05, 0) is 6.42 Å². The van der Waals surface area contributed by atoms with Crippen molar-refractivity contribution in [3.8, 4) is 0 Å². The van der Waals surface area contributed by atoms with Crippen LogP contribution in [0.25, 0.3) is 0 Å². The first-order valence-corrected chi connectivity index (χ1v) is 3.79. The van der Waals surface area contributed by atoms with Gasteiger partial charge in [0.1, 0.15) is 0 Å². The maximum Gasteiger partial charge on any atom is 0.469 e. The van der Waals surface area contributed by atoms with E-state index in [4.69, 9.17) is 9.79 Å². The van der Waals surface area contributed by atoms with Gasteiger partial charge in [0.25, 0.3) is 0 Å². The summed E-state index contributed by atoms with van der Waals surface area (Å²) in [6, 6.07) is 0. The van der Waals surface area contributed by atoms with E-state index >= 15 is 0 Å². The highest BCUT2D eigenvalue weighted by Crippen LogP contribution is 2.35. The molecular weight excluding hydrogens is 208 g/mol. The molecule has 0 aliphatic rings. The fraction of sp³-hybridized carbons (Fsp3) is 1.00. The van der Waals surface area contributed by atoms with Gasteiger partial charge in [0.15, 0.2) is 0 Å². The van der Waals surface area contributed by atoms with E-state index < -0.39 is 7.82 Å². The van der Waals surface area contributed by atoms with Crippen molar-refractivity contribution in [3.05, 3.63) is 0 Å². The van der Waals surface area contributed by atoms with E-state index in [9.17, 15) is 4.57 Å². The fourth-order valence-electron chi connectivity index (χ4n) is 0.210. The van der Waals surface area contributed by atoms with Gasteiger partial charge in [-0.1, -0.05) is 6.92 Å². The Morgan fingerprint density at radius 2 is 1.58 bits per heavy atom. The molecule has 0 aromatic rings. The summed E-state index contributed by atoms with van der Waals surface area (Å²) in [6.07, 6.45) is 0.616. The molecule has 0 aliphatic carbocycles. The predicted octanol–water partition coefficient (Wildman–Crippen LogP) is 1.41. The Hall–Kier alpha value is 0.280. The Balaban J connectivity index is -0.0000000408. The third kappa shape index (κ3) is 31.8. The molecule has 0 aliphatic heterocycles. The second-order valence-corrected chi connectivity index (χ2v) is 2.56. The highest BCUT2D eigenvalue weighted by Gasteiger charge is 2.11. The lowest BCUT2D eigenvalue weighted by Crippen LogP contribution is -1.88. The van der Waals surface area contributed by atoms with Crippen LogP contribution in [0.3, 0.4) is 0 Å². The smallest absolute Gasteiger partial charge is 0.344 e. The standard InChI is InChI=1S/C3H9O4P.ClH.3H3N/c1-2-3-7-8(4,5)6;;;;/h2-3H2,1H3,(H2,4,5,6);1H;3*1H3. The zero-order valence-corrected chi connectivity index (χ0v) is 8.81. The van der Waals surface area contributed by atoms with Crippen molar-refractivity contribution in [1.29, 1.82) is 0 Å². The van der Waals surface area contributed by atoms with Crippen LogP contribution in [0.5, 0.6) is 0 Å². The van der Waals surface area contributed by atoms with E-state index in [0.29, 0.717) is 6.42 Å². The van der Waals surface area contributed by atoms with Gasteiger partial charge in [-0.15, -0.1) is 12.4 Å². The minimum atomic E-state index is -4.18. The SMILES string of the molecule is CCCOP(=O)(O)O.Cl.N.N.N. The Bertz CT molecular complexity index is 110. The summed E-state index contributed by atoms with van der Waals surface area (Å²) in [4.78, 5) is 16.1. The summed E-state index contributed by atoms with van der Waals surface area (Å²) < 4.78 is 13.9. The maximum atomic E-state index is 9.86. The van der Waals surface area contributed by atoms with Crippen molar-refractivity contribution >= 4 is 20.2 Å². The summed E-state index contributed by atoms with van der Waals surface area (Å²) in [5.41, 5.74) is 0. The first-order chi connectivity index (χ1) is 3.56. The normalized spacial score (nSPS) is 7.92. The first kappa shape index (κ1) is 29.5. The number of hydrogen-bond acceptors (Lipinski definition) is 5. The molecule has 12 heavy (non-hydrogen) atoms. The van der Waals surface area contributed by atoms with Gasteiger partial charge in [-0.25, -0.2) is 4.57 Å². The Kier molecular flexibility index (Phi) is 34.0. The molecule has 0 saturated carbocycles. The van der Waals surface area contributed by atoms with Gasteiger partial charge in [0.05, 0.1) is 6.61 Å². The quantitative estimate of drug-likeness (QED) is 0.453. The Morgan fingerprint density at radius 3 is 1.67 bits per heavy atom. The predicted molar refractivity (Wildman–Crippen MR) is 50.6 cm³/mol. The van der Waals surface area contributed by atoms with Crippen LogP contribution >= 0.6 is 20.2 Å². The average Bonchev–Trinajstić information content (AvgIpc) is 1.59. The van der Waals surface area contributed by atoms with Crippen LogP contribution in [0.1, 0.15) is 13.3 Å². The van der Waals surface area contributed by atoms with E-state index in [1.54, 1.807) is 6.92 Å². The maximum absolute atomic E-state index is 9.86. The lowest BCUT2D eigenvalue weighted by molar-refractivity contribution is 0.197. The minimum Gasteiger partial charge on any atom is -0.344 e. The molecule has 0 radical (unpaired) electrons. The molecule has 0 aromatic carbocycles. The highest BCUT2D eigenvalue weighted by atomic mass is 35.5. The molecule has 0 aromatic heterocycles. The van der Waals surface area contributed by atoms with Crippen LogP contribution < -0.4 is 18.5 Å². The van der Waals surface area contributed by atoms with Gasteiger partial charge in [0, 0.05) is 0 Å². The van der Waals surface area contributed by atoms with Crippen LogP contribution in [0.4, 0.5) is 0 Å². The van der Waals surface area contributed by atoms with E-state index in [2.05, 4.69) is 4.52 Å². The molecule has 0 rings (SSSR count). The van der Waals surface area contributed by atoms with E-state index in [1.807, 2.05) is 0 Å². The monoisotopic (exact) mass is 227 g/mol. The molecule has 0 bridgehead atoms. The van der Waals surface area contributed by atoms with Crippen LogP contribution in [0.15, 0.2) is 0 Å². The third-order valence-corrected chi connectivity index (χ3v) is 0.983. The van der Waals surface area contributed by atoms with Gasteiger partial charge >= 0.3 is 7.82 Å². The molecular formula is C3H19ClN3O4P. The van der Waals surface area contributed by atoms with Gasteiger partial charge in [-0.3, -0.25) is 4.52 Å². The van der Waals surface area contributed by atoms with Gasteiger partial charge < -0.3 is 28.2 Å². The molecule has 7 nitrogen and oxygen atoms in total. The molecule has 82 valence electrons. The summed E-state index contributed by atoms with van der Waals surface area (Å²) in [6.45, 7) is 1.89. The summed E-state index contributed by atoms with van der Waals surface area (Å²) in [5, 5.41) is 0. The molecule has 0 spiro atoms. The summed E-state index contributed by atoms with van der Waals surface area (Å²) in [5.74, 6) is 0. The molecule has 0 amide bonds. The molecule has 0 atom stereocenters. The van der Waals surface area contributed by atoms with Gasteiger partial charge in [0.2, 0.25) is 0 Å². The average molecular weight is 228 g/mol. The van der Waals surface area contributed by atoms with Crippen LogP contribution in [-0.2, 0) is 9.09 Å². The van der Waals surface area contributed by atoms with Gasteiger partial charge in [-0.2, -0.15) is 0 Å². The number of halogens is 1. The number of phosphoric ester groups is 1. The fourth-order valence-corrected chi connectivity index (χ4v) is 0.631. The van der Waals surface area contributed by atoms with Crippen molar-refractivity contribution in [2.45, 2.75) is 13.3 Å². The molecule has 0 saturated heterocycles. The van der Waals surface area contributed by atoms with Crippen LogP contribution in [-0.4, -0.2) is 16.4 Å². The summed E-state index contributed by atoms with van der Waals surface area (Å²) in [7, 11) is -4.18. The van der Waals surface area contributed by atoms with Crippen molar-refractivity contribution < 1.29 is 18.9 Å². The molecule has 11 N–H and O–H groups in total. The van der Waals surface area contributed by atoms with Crippen molar-refractivity contribution in [3.63, 3.8) is 0 Å². The Morgan fingerprint density at radius 1 is 1.25 bits per heavy atom. The lowest BCUT2D eigenvalue weighted by atomic mass is 10.5. The Labute approximate surface area is 78.3 Å². The molecule has 0 unspecified atom stereocenters. The second kappa shape index (κ2) is 13.8. The minimum absolute atomic E-state index is 0. The third-order valence-electron chi connectivity index (χ3n) is 0.464. The lowest BCUT2D eigenvalue weighted by Gasteiger charge is -2.00. The largest absolute Gasteiger partial charge is 0.469 e. The highest BCUT2D eigenvalue weighted by molar-refractivity contribution is 7.46. The van der Waals surface area contributed by atoms with E-state index in [0.717, 1.165) is 0 Å². The van der Waals surface area contributed by atoms with Crippen LogP contribution in [0.2, 0.25) is 0 Å². The number of phosphoric acid groups is 1. The van der Waals surface area contributed by atoms with E-state index in [1.165, 1.54) is 0 Å². The molecule has 0 heterocycles. The number of rotatable bonds is 3. The van der Waals surface area contributed by atoms with E-state index in [-0.39, 0.29) is 37.5 Å². The second-order valence-electron chi connectivity index (χ2n) is 1.32. The van der Waals surface area contributed by atoms with Crippen LogP contribution in [0, 0.1) is 0 Å². The zero-order chi connectivity index (χ0) is 6.62. The van der Waals surface area contributed by atoms with Crippen molar-refractivity contribution in [2.75, 3.05) is 6.61 Å².